The average Bonchev–Trinajstić information content (AvgIpc) is 2.88. The predicted octanol–water partition coefficient (Wildman–Crippen LogP) is 2.43. The lowest BCUT2D eigenvalue weighted by Crippen LogP contribution is -2.04. The van der Waals surface area contributed by atoms with Gasteiger partial charge in [-0.05, 0) is 24.5 Å². The van der Waals surface area contributed by atoms with Gasteiger partial charge in [-0.25, -0.2) is 4.98 Å². The van der Waals surface area contributed by atoms with Gasteiger partial charge in [0.15, 0.2) is 0 Å². The third-order valence-corrected chi connectivity index (χ3v) is 2.27. The molecule has 0 saturated heterocycles. The Balaban J connectivity index is 1.79. The molecule has 0 aromatic carbocycles. The second-order valence-electron chi connectivity index (χ2n) is 3.50. The minimum absolute atomic E-state index is 0.420. The zero-order valence-electron chi connectivity index (χ0n) is 7.46. The highest BCUT2D eigenvalue weighted by Crippen LogP contribution is 2.31. The van der Waals surface area contributed by atoms with Crippen molar-refractivity contribution in [1.29, 1.82) is 0 Å². The summed E-state index contributed by atoms with van der Waals surface area (Å²) in [5.74, 6) is 1.12. The molecule has 3 heteroatoms. The Hall–Kier alpha value is -1.12. The second-order valence-corrected chi connectivity index (χ2v) is 3.50. The zero-order valence-corrected chi connectivity index (χ0v) is 7.46. The van der Waals surface area contributed by atoms with E-state index in [9.17, 15) is 4.39 Å². The molecule has 0 radical (unpaired) electrons. The molecular weight excluding hydrogens is 167 g/mol. The SMILES string of the molecule is Fc1cccc(NCCC2CC2)n1. The Kier molecular flexibility index (Phi) is 2.43. The molecule has 1 N–H and O–H groups in total. The molecule has 1 aliphatic carbocycles. The number of pyridine rings is 1. The Morgan fingerprint density at radius 3 is 3.00 bits per heavy atom. The maximum absolute atomic E-state index is 12.6. The lowest BCUT2D eigenvalue weighted by Gasteiger charge is -2.03. The van der Waals surface area contributed by atoms with Crippen molar-refractivity contribution < 1.29 is 4.39 Å². The Bertz CT molecular complexity index is 284. The van der Waals surface area contributed by atoms with E-state index in [0.717, 1.165) is 12.5 Å². The molecule has 2 rings (SSSR count). The van der Waals surface area contributed by atoms with Gasteiger partial charge in [-0.15, -0.1) is 0 Å². The molecule has 0 bridgehead atoms. The van der Waals surface area contributed by atoms with E-state index in [1.54, 1.807) is 12.1 Å². The molecule has 70 valence electrons. The number of halogens is 1. The third kappa shape index (κ3) is 2.68. The van der Waals surface area contributed by atoms with Crippen molar-refractivity contribution in [2.24, 2.45) is 5.92 Å². The maximum Gasteiger partial charge on any atom is 0.214 e. The summed E-state index contributed by atoms with van der Waals surface area (Å²) in [6.45, 7) is 0.904. The van der Waals surface area contributed by atoms with Crippen LogP contribution in [-0.4, -0.2) is 11.5 Å². The highest BCUT2D eigenvalue weighted by molar-refractivity contribution is 5.33. The number of hydrogen-bond donors (Lipinski definition) is 1. The van der Waals surface area contributed by atoms with E-state index in [0.29, 0.717) is 5.82 Å². The number of hydrogen-bond acceptors (Lipinski definition) is 2. The highest BCUT2D eigenvalue weighted by atomic mass is 19.1. The normalized spacial score (nSPS) is 15.8. The Labute approximate surface area is 77.2 Å². The number of anilines is 1. The van der Waals surface area contributed by atoms with Crippen molar-refractivity contribution >= 4 is 5.82 Å². The minimum atomic E-state index is -0.420. The summed E-state index contributed by atoms with van der Waals surface area (Å²) < 4.78 is 12.6. The summed E-state index contributed by atoms with van der Waals surface area (Å²) in [7, 11) is 0. The summed E-state index contributed by atoms with van der Waals surface area (Å²) in [6.07, 6.45) is 3.90. The van der Waals surface area contributed by atoms with Gasteiger partial charge in [-0.1, -0.05) is 18.9 Å². The molecule has 1 aromatic rings. The molecule has 0 aliphatic heterocycles. The van der Waals surface area contributed by atoms with Crippen molar-refractivity contribution in [3.63, 3.8) is 0 Å². The van der Waals surface area contributed by atoms with Crippen LogP contribution < -0.4 is 5.32 Å². The molecule has 2 nitrogen and oxygen atoms in total. The molecule has 1 heterocycles. The molecule has 1 aliphatic rings. The van der Waals surface area contributed by atoms with Crippen LogP contribution in [0.2, 0.25) is 0 Å². The quantitative estimate of drug-likeness (QED) is 0.720. The fraction of sp³-hybridized carbons (Fsp3) is 0.500. The fourth-order valence-corrected chi connectivity index (χ4v) is 1.32. The number of rotatable bonds is 4. The van der Waals surface area contributed by atoms with Gasteiger partial charge >= 0.3 is 0 Å². The predicted molar refractivity (Wildman–Crippen MR) is 50.0 cm³/mol. The first kappa shape index (κ1) is 8.48. The summed E-state index contributed by atoms with van der Waals surface area (Å²) in [5.41, 5.74) is 0. The van der Waals surface area contributed by atoms with Crippen LogP contribution in [0.4, 0.5) is 10.2 Å². The maximum atomic E-state index is 12.6. The van der Waals surface area contributed by atoms with Crippen LogP contribution in [0.25, 0.3) is 0 Å². The lowest BCUT2D eigenvalue weighted by molar-refractivity contribution is 0.584. The third-order valence-electron chi connectivity index (χ3n) is 2.27. The van der Waals surface area contributed by atoms with Crippen molar-refractivity contribution in [3.05, 3.63) is 24.1 Å². The monoisotopic (exact) mass is 180 g/mol. The minimum Gasteiger partial charge on any atom is -0.370 e. The van der Waals surface area contributed by atoms with Crippen LogP contribution in [0.1, 0.15) is 19.3 Å². The first-order valence-corrected chi connectivity index (χ1v) is 4.71. The molecule has 0 unspecified atom stereocenters. The van der Waals surface area contributed by atoms with Gasteiger partial charge in [0.05, 0.1) is 0 Å². The van der Waals surface area contributed by atoms with Gasteiger partial charge in [0.1, 0.15) is 5.82 Å². The van der Waals surface area contributed by atoms with Gasteiger partial charge in [-0.2, -0.15) is 4.39 Å². The first-order valence-electron chi connectivity index (χ1n) is 4.71. The summed E-state index contributed by atoms with van der Waals surface area (Å²) in [6, 6.07) is 4.81. The van der Waals surface area contributed by atoms with Gasteiger partial charge in [0.25, 0.3) is 0 Å². The zero-order chi connectivity index (χ0) is 9.10. The molecule has 1 aromatic heterocycles. The number of aromatic nitrogens is 1. The lowest BCUT2D eigenvalue weighted by atomic mass is 10.3. The summed E-state index contributed by atoms with van der Waals surface area (Å²) in [4.78, 5) is 3.71. The van der Waals surface area contributed by atoms with E-state index in [-0.39, 0.29) is 0 Å². The van der Waals surface area contributed by atoms with Crippen molar-refractivity contribution in [2.45, 2.75) is 19.3 Å². The summed E-state index contributed by atoms with van der Waals surface area (Å²) >= 11 is 0. The van der Waals surface area contributed by atoms with Gasteiger partial charge in [0.2, 0.25) is 5.95 Å². The van der Waals surface area contributed by atoms with Crippen LogP contribution in [0.5, 0.6) is 0 Å². The van der Waals surface area contributed by atoms with Crippen LogP contribution in [0.3, 0.4) is 0 Å². The van der Waals surface area contributed by atoms with E-state index in [1.807, 2.05) is 0 Å². The molecule has 0 spiro atoms. The smallest absolute Gasteiger partial charge is 0.214 e. The first-order chi connectivity index (χ1) is 6.34. The highest BCUT2D eigenvalue weighted by Gasteiger charge is 2.20. The van der Waals surface area contributed by atoms with Crippen molar-refractivity contribution in [2.75, 3.05) is 11.9 Å². The topological polar surface area (TPSA) is 24.9 Å². The molecule has 0 atom stereocenters. The van der Waals surface area contributed by atoms with Gasteiger partial charge in [-0.3, -0.25) is 0 Å². The van der Waals surface area contributed by atoms with Gasteiger partial charge in [0, 0.05) is 6.54 Å². The summed E-state index contributed by atoms with van der Waals surface area (Å²) in [5, 5.41) is 3.11. The van der Waals surface area contributed by atoms with Crippen LogP contribution in [0.15, 0.2) is 18.2 Å². The molecule has 0 amide bonds. The van der Waals surface area contributed by atoms with E-state index < -0.39 is 5.95 Å². The second kappa shape index (κ2) is 3.73. The molecular formula is C10H13FN2. The van der Waals surface area contributed by atoms with E-state index in [4.69, 9.17) is 0 Å². The van der Waals surface area contributed by atoms with Crippen LogP contribution in [-0.2, 0) is 0 Å². The van der Waals surface area contributed by atoms with Gasteiger partial charge < -0.3 is 5.32 Å². The number of nitrogens with one attached hydrogen (secondary N) is 1. The molecule has 1 fully saturated rings. The standard InChI is InChI=1S/C10H13FN2/c11-9-2-1-3-10(13-9)12-7-6-8-4-5-8/h1-3,8H,4-7H2,(H,12,13). The largest absolute Gasteiger partial charge is 0.370 e. The number of nitrogens with zero attached hydrogens (tertiary/aromatic N) is 1. The Morgan fingerprint density at radius 2 is 2.31 bits per heavy atom. The van der Waals surface area contributed by atoms with E-state index >= 15 is 0 Å². The van der Waals surface area contributed by atoms with E-state index in [1.165, 1.54) is 25.3 Å². The average molecular weight is 180 g/mol. The van der Waals surface area contributed by atoms with E-state index in [2.05, 4.69) is 10.3 Å². The van der Waals surface area contributed by atoms with Crippen molar-refractivity contribution in [1.82, 2.24) is 4.98 Å². The van der Waals surface area contributed by atoms with Crippen LogP contribution >= 0.6 is 0 Å². The molecule has 13 heavy (non-hydrogen) atoms. The Morgan fingerprint density at radius 1 is 1.46 bits per heavy atom. The van der Waals surface area contributed by atoms with Crippen LogP contribution in [0, 0.1) is 11.9 Å². The molecule has 1 saturated carbocycles. The fourth-order valence-electron chi connectivity index (χ4n) is 1.32. The van der Waals surface area contributed by atoms with Crippen molar-refractivity contribution in [3.8, 4) is 0 Å².